The van der Waals surface area contributed by atoms with Crippen molar-refractivity contribution in [3.8, 4) is 11.5 Å². The molecule has 0 saturated carbocycles. The number of thioether (sulfide) groups is 1. The molecule has 0 radical (unpaired) electrons. The number of rotatable bonds is 4. The van der Waals surface area contributed by atoms with E-state index in [2.05, 4.69) is 49.7 Å². The summed E-state index contributed by atoms with van der Waals surface area (Å²) < 4.78 is 11.1. The fourth-order valence-corrected chi connectivity index (χ4v) is 4.89. The highest BCUT2D eigenvalue weighted by molar-refractivity contribution is 7.98. The summed E-state index contributed by atoms with van der Waals surface area (Å²) in [7, 11) is 3.28. The van der Waals surface area contributed by atoms with Gasteiger partial charge in [-0.3, -0.25) is 4.79 Å². The predicted molar refractivity (Wildman–Crippen MR) is 118 cm³/mol. The van der Waals surface area contributed by atoms with Gasteiger partial charge in [0.1, 0.15) is 0 Å². The number of hydrogen-bond acceptors (Lipinski definition) is 5. The fourth-order valence-electron chi connectivity index (χ4n) is 4.48. The van der Waals surface area contributed by atoms with E-state index in [-0.39, 0.29) is 17.1 Å². The Morgan fingerprint density at radius 2 is 1.69 bits per heavy atom. The zero-order chi connectivity index (χ0) is 20.8. The molecule has 152 valence electrons. The first-order chi connectivity index (χ1) is 13.9. The van der Waals surface area contributed by atoms with E-state index < -0.39 is 0 Å². The van der Waals surface area contributed by atoms with Crippen LogP contribution in [0.25, 0.3) is 0 Å². The first-order valence-electron chi connectivity index (χ1n) is 9.80. The highest BCUT2D eigenvalue weighted by Gasteiger charge is 2.41. The van der Waals surface area contributed by atoms with Gasteiger partial charge in [0.15, 0.2) is 17.3 Å². The molecule has 0 unspecified atom stereocenters. The molecule has 1 aliphatic carbocycles. The van der Waals surface area contributed by atoms with Crippen molar-refractivity contribution in [2.45, 2.75) is 37.5 Å². The van der Waals surface area contributed by atoms with Crippen molar-refractivity contribution in [3.63, 3.8) is 0 Å². The van der Waals surface area contributed by atoms with Gasteiger partial charge in [0.25, 0.3) is 0 Å². The smallest absolute Gasteiger partial charge is 0.162 e. The third kappa shape index (κ3) is 3.52. The second-order valence-electron chi connectivity index (χ2n) is 8.46. The van der Waals surface area contributed by atoms with Gasteiger partial charge in [-0.25, -0.2) is 0 Å². The summed E-state index contributed by atoms with van der Waals surface area (Å²) >= 11 is 1.72. The van der Waals surface area contributed by atoms with E-state index >= 15 is 0 Å². The minimum Gasteiger partial charge on any atom is -0.493 e. The van der Waals surface area contributed by atoms with Crippen molar-refractivity contribution in [2.75, 3.05) is 25.8 Å². The van der Waals surface area contributed by atoms with Crippen LogP contribution in [0.5, 0.6) is 11.5 Å². The summed E-state index contributed by atoms with van der Waals surface area (Å²) in [6, 6.07) is 12.5. The molecule has 5 heteroatoms. The van der Waals surface area contributed by atoms with E-state index in [0.717, 1.165) is 34.5 Å². The van der Waals surface area contributed by atoms with Gasteiger partial charge in [0.05, 0.1) is 14.2 Å². The normalized spacial score (nSPS) is 19.9. The lowest BCUT2D eigenvalue weighted by Crippen LogP contribution is -2.33. The van der Waals surface area contributed by atoms with Crippen LogP contribution >= 0.6 is 11.8 Å². The number of Topliss-reactive ketones (excluding diaryl/α,β-unsaturated/α-hetero) is 1. The highest BCUT2D eigenvalue weighted by atomic mass is 32.2. The minimum absolute atomic E-state index is 0.0514. The Kier molecular flexibility index (Phi) is 5.11. The molecule has 0 amide bonds. The molecule has 1 heterocycles. The summed E-state index contributed by atoms with van der Waals surface area (Å²) in [5.41, 5.74) is 5.02. The maximum atomic E-state index is 13.3. The summed E-state index contributed by atoms with van der Waals surface area (Å²) in [5, 5.41) is 3.55. The molecular formula is C24H27NO3S. The van der Waals surface area contributed by atoms with Gasteiger partial charge in [-0.05, 0) is 47.4 Å². The number of methoxy groups -OCH3 is 2. The molecule has 2 aliphatic rings. The van der Waals surface area contributed by atoms with Gasteiger partial charge in [0.2, 0.25) is 0 Å². The van der Waals surface area contributed by atoms with E-state index in [1.165, 1.54) is 4.90 Å². The van der Waals surface area contributed by atoms with Crippen LogP contribution < -0.4 is 14.8 Å². The standard InChI is InChI=1S/C24H27NO3S/c1-24(2)12-18-23(19(26)13-24)22(14-6-8-15(29-5)9-7-14)16-10-20(27-3)21(28-4)11-17(16)25-18/h6-11,22,25H,12-13H2,1-5H3/t22-/m1/s1. The monoisotopic (exact) mass is 409 g/mol. The third-order valence-electron chi connectivity index (χ3n) is 5.81. The quantitative estimate of drug-likeness (QED) is 0.664. The van der Waals surface area contributed by atoms with Crippen LogP contribution in [0.1, 0.15) is 43.7 Å². The van der Waals surface area contributed by atoms with Crippen molar-refractivity contribution in [1.82, 2.24) is 0 Å². The molecule has 0 spiro atoms. The largest absolute Gasteiger partial charge is 0.493 e. The number of benzene rings is 2. The summed E-state index contributed by atoms with van der Waals surface area (Å²) in [6.07, 6.45) is 3.48. The summed E-state index contributed by atoms with van der Waals surface area (Å²) in [5.74, 6) is 1.47. The van der Waals surface area contributed by atoms with Crippen molar-refractivity contribution in [1.29, 1.82) is 0 Å². The molecule has 1 atom stereocenters. The van der Waals surface area contributed by atoms with Crippen LogP contribution in [-0.2, 0) is 4.79 Å². The lowest BCUT2D eigenvalue weighted by Gasteiger charge is -2.39. The summed E-state index contributed by atoms with van der Waals surface area (Å²) in [6.45, 7) is 4.31. The second-order valence-corrected chi connectivity index (χ2v) is 9.34. The van der Waals surface area contributed by atoms with Crippen molar-refractivity contribution < 1.29 is 14.3 Å². The number of carbonyl (C=O) groups excluding carboxylic acids is 1. The lowest BCUT2D eigenvalue weighted by atomic mass is 9.68. The maximum Gasteiger partial charge on any atom is 0.162 e. The molecular weight excluding hydrogens is 382 g/mol. The molecule has 1 aliphatic heterocycles. The van der Waals surface area contributed by atoms with Crippen LogP contribution in [0.3, 0.4) is 0 Å². The topological polar surface area (TPSA) is 47.6 Å². The molecule has 1 N–H and O–H groups in total. The zero-order valence-electron chi connectivity index (χ0n) is 17.6. The molecule has 4 nitrogen and oxygen atoms in total. The average Bonchev–Trinajstić information content (AvgIpc) is 2.70. The maximum absolute atomic E-state index is 13.3. The van der Waals surface area contributed by atoms with E-state index in [1.54, 1.807) is 26.0 Å². The Morgan fingerprint density at radius 1 is 1.03 bits per heavy atom. The van der Waals surface area contributed by atoms with E-state index in [4.69, 9.17) is 9.47 Å². The highest BCUT2D eigenvalue weighted by Crippen LogP contribution is 2.51. The van der Waals surface area contributed by atoms with Gasteiger partial charge >= 0.3 is 0 Å². The van der Waals surface area contributed by atoms with Gasteiger partial charge in [0, 0.05) is 40.3 Å². The molecule has 0 bridgehead atoms. The number of carbonyl (C=O) groups is 1. The molecule has 2 aromatic carbocycles. The van der Waals surface area contributed by atoms with Crippen molar-refractivity contribution in [2.24, 2.45) is 5.41 Å². The minimum atomic E-state index is -0.111. The zero-order valence-corrected chi connectivity index (χ0v) is 18.4. The SMILES string of the molecule is COc1cc2c(cc1OC)[C@@H](c1ccc(SC)cc1)C1=C(CC(C)(C)CC1=O)N2. The fraction of sp³-hybridized carbons (Fsp3) is 0.375. The lowest BCUT2D eigenvalue weighted by molar-refractivity contribution is -0.118. The molecule has 0 aromatic heterocycles. The summed E-state index contributed by atoms with van der Waals surface area (Å²) in [4.78, 5) is 14.5. The molecule has 0 saturated heterocycles. The van der Waals surface area contributed by atoms with Crippen LogP contribution in [0, 0.1) is 5.41 Å². The average molecular weight is 410 g/mol. The Hall–Kier alpha value is -2.40. The van der Waals surface area contributed by atoms with Crippen LogP contribution in [0.15, 0.2) is 52.6 Å². The van der Waals surface area contributed by atoms with Crippen LogP contribution in [-0.4, -0.2) is 26.3 Å². The molecule has 0 fully saturated rings. The first kappa shape index (κ1) is 19.9. The van der Waals surface area contributed by atoms with E-state index in [1.807, 2.05) is 12.1 Å². The van der Waals surface area contributed by atoms with Crippen LogP contribution in [0.4, 0.5) is 5.69 Å². The molecule has 2 aromatic rings. The van der Waals surface area contributed by atoms with Crippen molar-refractivity contribution >= 4 is 23.2 Å². The Morgan fingerprint density at radius 3 is 2.31 bits per heavy atom. The Bertz CT molecular complexity index is 992. The number of anilines is 1. The molecule has 4 rings (SSSR count). The number of ketones is 1. The van der Waals surface area contributed by atoms with Crippen LogP contribution in [0.2, 0.25) is 0 Å². The predicted octanol–water partition coefficient (Wildman–Crippen LogP) is 5.63. The molecule has 29 heavy (non-hydrogen) atoms. The van der Waals surface area contributed by atoms with E-state index in [9.17, 15) is 4.79 Å². The van der Waals surface area contributed by atoms with Gasteiger partial charge < -0.3 is 14.8 Å². The second kappa shape index (κ2) is 7.45. The Balaban J connectivity index is 1.93. The van der Waals surface area contributed by atoms with Crippen molar-refractivity contribution in [3.05, 3.63) is 58.8 Å². The van der Waals surface area contributed by atoms with Gasteiger partial charge in [-0.1, -0.05) is 26.0 Å². The number of ether oxygens (including phenoxy) is 2. The number of nitrogens with one attached hydrogen (secondary N) is 1. The number of hydrogen-bond donors (Lipinski definition) is 1. The van der Waals surface area contributed by atoms with Gasteiger partial charge in [-0.2, -0.15) is 0 Å². The Labute approximate surface area is 176 Å². The van der Waals surface area contributed by atoms with E-state index in [0.29, 0.717) is 17.9 Å². The number of fused-ring (bicyclic) bond motifs is 1. The van der Waals surface area contributed by atoms with Gasteiger partial charge in [-0.15, -0.1) is 11.8 Å². The number of allylic oxidation sites excluding steroid dienone is 2. The third-order valence-corrected chi connectivity index (χ3v) is 6.55. The first-order valence-corrected chi connectivity index (χ1v) is 11.0.